The van der Waals surface area contributed by atoms with E-state index in [0.717, 1.165) is 47.1 Å². The molecule has 0 unspecified atom stereocenters. The van der Waals surface area contributed by atoms with Gasteiger partial charge >= 0.3 is 0 Å². The van der Waals surface area contributed by atoms with E-state index in [-0.39, 0.29) is 0 Å². The summed E-state index contributed by atoms with van der Waals surface area (Å²) in [6.07, 6.45) is 8.44. The Balaban J connectivity index is 1.39. The van der Waals surface area contributed by atoms with Gasteiger partial charge < -0.3 is 9.80 Å². The van der Waals surface area contributed by atoms with E-state index in [1.807, 2.05) is 28.8 Å². The van der Waals surface area contributed by atoms with Gasteiger partial charge in [0.15, 0.2) is 5.65 Å². The Morgan fingerprint density at radius 1 is 0.824 bits per heavy atom. The van der Waals surface area contributed by atoms with Gasteiger partial charge in [-0.25, -0.2) is 9.50 Å². The van der Waals surface area contributed by atoms with E-state index in [1.54, 1.807) is 18.5 Å². The van der Waals surface area contributed by atoms with Crippen molar-refractivity contribution in [2.45, 2.75) is 31.7 Å². The summed E-state index contributed by atoms with van der Waals surface area (Å²) < 4.78 is 1.91. The number of fused-ring (bicyclic) bond motifs is 1. The maximum absolute atomic E-state index is 6.32. The van der Waals surface area contributed by atoms with E-state index in [2.05, 4.69) is 26.1 Å². The molecule has 0 N–H and O–H groups in total. The molecule has 9 heteroatoms. The third-order valence-corrected chi connectivity index (χ3v) is 7.34. The van der Waals surface area contributed by atoms with E-state index in [9.17, 15) is 0 Å². The monoisotopic (exact) mass is 493 g/mol. The Hall–Kier alpha value is -2.74. The molecule has 2 saturated heterocycles. The van der Waals surface area contributed by atoms with Crippen molar-refractivity contribution in [2.24, 2.45) is 0 Å². The minimum Gasteiger partial charge on any atom is -0.355 e. The quantitative estimate of drug-likeness (QED) is 0.388. The summed E-state index contributed by atoms with van der Waals surface area (Å²) in [5.74, 6) is 0.962. The van der Waals surface area contributed by atoms with Crippen LogP contribution in [0, 0.1) is 0 Å². The maximum Gasteiger partial charge on any atom is 0.155 e. The molecule has 6 rings (SSSR count). The van der Waals surface area contributed by atoms with Crippen molar-refractivity contribution in [1.29, 1.82) is 0 Å². The van der Waals surface area contributed by atoms with Crippen LogP contribution in [0.5, 0.6) is 0 Å². The molecular weight excluding hydrogens is 469 g/mol. The number of nitrogens with zero attached hydrogens (tertiary/aromatic N) is 7. The Kier molecular flexibility index (Phi) is 5.85. The van der Waals surface area contributed by atoms with E-state index >= 15 is 0 Å². The fraction of sp³-hybridized carbons (Fsp3) is 0.360. The van der Waals surface area contributed by atoms with Crippen LogP contribution >= 0.6 is 23.2 Å². The lowest BCUT2D eigenvalue weighted by molar-refractivity contribution is 0.207. The van der Waals surface area contributed by atoms with Crippen molar-refractivity contribution in [3.05, 3.63) is 58.8 Å². The lowest BCUT2D eigenvalue weighted by Gasteiger charge is -2.37. The zero-order chi connectivity index (χ0) is 23.1. The zero-order valence-corrected chi connectivity index (χ0v) is 20.3. The summed E-state index contributed by atoms with van der Waals surface area (Å²) in [5.41, 5.74) is 4.08. The fourth-order valence-electron chi connectivity index (χ4n) is 5.24. The van der Waals surface area contributed by atoms with Crippen molar-refractivity contribution in [3.8, 4) is 22.5 Å². The van der Waals surface area contributed by atoms with Crippen molar-refractivity contribution in [1.82, 2.24) is 29.7 Å². The molecular formula is C25H25Cl2N7. The standard InChI is InChI=1S/C25H25Cl2N7/c26-19-13-18(14-20(27)15-19)24-25(17-5-8-28-29-16-17)34-22(30-24)3-4-23(31-34)33-11-6-21(7-12-33)32-9-1-2-10-32/h3-5,8,13-16,21H,1-2,6-7,9-12H2. The summed E-state index contributed by atoms with van der Waals surface area (Å²) >= 11 is 12.6. The molecule has 4 aromatic rings. The molecule has 2 fully saturated rings. The van der Waals surface area contributed by atoms with Gasteiger partial charge in [-0.15, -0.1) is 5.10 Å². The van der Waals surface area contributed by atoms with Crippen LogP contribution in [-0.4, -0.2) is 61.9 Å². The Labute approximate surface area is 208 Å². The van der Waals surface area contributed by atoms with Gasteiger partial charge in [0.25, 0.3) is 0 Å². The van der Waals surface area contributed by atoms with Crippen LogP contribution in [0.15, 0.2) is 48.8 Å². The third-order valence-electron chi connectivity index (χ3n) is 6.90. The minimum atomic E-state index is 0.563. The summed E-state index contributed by atoms with van der Waals surface area (Å²) in [7, 11) is 0. The van der Waals surface area contributed by atoms with Crippen LogP contribution in [0.3, 0.4) is 0 Å². The predicted octanol–water partition coefficient (Wildman–Crippen LogP) is 5.22. The molecule has 5 heterocycles. The van der Waals surface area contributed by atoms with Gasteiger partial charge in [-0.3, -0.25) is 0 Å². The number of halogens is 2. The second-order valence-corrected chi connectivity index (χ2v) is 9.89. The van der Waals surface area contributed by atoms with E-state index < -0.39 is 0 Å². The second-order valence-electron chi connectivity index (χ2n) is 9.02. The molecule has 0 spiro atoms. The molecule has 0 saturated carbocycles. The Morgan fingerprint density at radius 2 is 1.59 bits per heavy atom. The topological polar surface area (TPSA) is 62.5 Å². The van der Waals surface area contributed by atoms with Gasteiger partial charge in [0.1, 0.15) is 11.5 Å². The lowest BCUT2D eigenvalue weighted by atomic mass is 10.0. The Bertz CT molecular complexity index is 1290. The molecule has 2 aliphatic heterocycles. The number of imidazole rings is 1. The highest BCUT2D eigenvalue weighted by atomic mass is 35.5. The van der Waals surface area contributed by atoms with Gasteiger partial charge in [0.2, 0.25) is 0 Å². The molecule has 0 atom stereocenters. The molecule has 0 amide bonds. The smallest absolute Gasteiger partial charge is 0.155 e. The van der Waals surface area contributed by atoms with Gasteiger partial charge in [-0.05, 0) is 75.2 Å². The molecule has 7 nitrogen and oxygen atoms in total. The molecule has 2 aliphatic rings. The average Bonchev–Trinajstić information content (AvgIpc) is 3.52. The first-order chi connectivity index (χ1) is 16.7. The maximum atomic E-state index is 6.32. The first kappa shape index (κ1) is 21.8. The summed E-state index contributed by atoms with van der Waals surface area (Å²) in [6, 6.07) is 12.2. The third kappa shape index (κ3) is 4.13. The molecule has 1 aromatic carbocycles. The number of anilines is 1. The van der Waals surface area contributed by atoms with Gasteiger partial charge in [-0.1, -0.05) is 23.2 Å². The van der Waals surface area contributed by atoms with Crippen molar-refractivity contribution >= 4 is 34.7 Å². The molecule has 34 heavy (non-hydrogen) atoms. The summed E-state index contributed by atoms with van der Waals surface area (Å²) in [4.78, 5) is 9.95. The highest BCUT2D eigenvalue weighted by molar-refractivity contribution is 6.35. The highest BCUT2D eigenvalue weighted by Crippen LogP contribution is 2.35. The molecule has 3 aromatic heterocycles. The molecule has 0 aliphatic carbocycles. The van der Waals surface area contributed by atoms with E-state index in [1.165, 1.54) is 38.8 Å². The van der Waals surface area contributed by atoms with Crippen LogP contribution in [0.2, 0.25) is 10.0 Å². The van der Waals surface area contributed by atoms with E-state index in [4.69, 9.17) is 33.3 Å². The van der Waals surface area contributed by atoms with Gasteiger partial charge in [0.05, 0.1) is 18.1 Å². The predicted molar refractivity (Wildman–Crippen MR) is 136 cm³/mol. The number of rotatable bonds is 4. The SMILES string of the molecule is Clc1cc(Cl)cc(-c2nc3ccc(N4CCC(N5CCCC5)CC4)nn3c2-c2ccnnc2)c1. The fourth-order valence-corrected chi connectivity index (χ4v) is 5.77. The lowest BCUT2D eigenvalue weighted by Crippen LogP contribution is -2.44. The zero-order valence-electron chi connectivity index (χ0n) is 18.7. The van der Waals surface area contributed by atoms with Crippen LogP contribution in [0.1, 0.15) is 25.7 Å². The molecule has 0 radical (unpaired) electrons. The Morgan fingerprint density at radius 3 is 2.29 bits per heavy atom. The van der Waals surface area contributed by atoms with Crippen molar-refractivity contribution < 1.29 is 0 Å². The minimum absolute atomic E-state index is 0.563. The van der Waals surface area contributed by atoms with Crippen molar-refractivity contribution in [3.63, 3.8) is 0 Å². The normalized spacial score (nSPS) is 17.6. The molecule has 174 valence electrons. The van der Waals surface area contributed by atoms with E-state index in [0.29, 0.717) is 16.1 Å². The van der Waals surface area contributed by atoms with Crippen LogP contribution in [-0.2, 0) is 0 Å². The number of hydrogen-bond acceptors (Lipinski definition) is 6. The molecule has 0 bridgehead atoms. The first-order valence-electron chi connectivity index (χ1n) is 11.8. The highest BCUT2D eigenvalue weighted by Gasteiger charge is 2.27. The number of hydrogen-bond donors (Lipinski definition) is 0. The largest absolute Gasteiger partial charge is 0.355 e. The van der Waals surface area contributed by atoms with Gasteiger partial charge in [0, 0.05) is 40.3 Å². The number of likely N-dealkylation sites (tertiary alicyclic amines) is 1. The van der Waals surface area contributed by atoms with Gasteiger partial charge in [-0.2, -0.15) is 10.2 Å². The summed E-state index contributed by atoms with van der Waals surface area (Å²) in [5, 5.41) is 14.2. The summed E-state index contributed by atoms with van der Waals surface area (Å²) in [6.45, 7) is 4.53. The van der Waals surface area contributed by atoms with Crippen LogP contribution < -0.4 is 4.90 Å². The van der Waals surface area contributed by atoms with Crippen LogP contribution in [0.25, 0.3) is 28.2 Å². The number of aromatic nitrogens is 5. The number of piperidine rings is 1. The second kappa shape index (κ2) is 9.13. The first-order valence-corrected chi connectivity index (χ1v) is 12.5. The number of benzene rings is 1. The average molecular weight is 494 g/mol. The van der Waals surface area contributed by atoms with Crippen LogP contribution in [0.4, 0.5) is 5.82 Å². The van der Waals surface area contributed by atoms with Crippen molar-refractivity contribution in [2.75, 3.05) is 31.1 Å².